The average molecular weight is 733 g/mol. The Hall–Kier alpha value is -4.41. The summed E-state index contributed by atoms with van der Waals surface area (Å²) in [6.07, 6.45) is 4.50. The zero-order valence-electron chi connectivity index (χ0n) is 29.0. The van der Waals surface area contributed by atoms with E-state index in [0.717, 1.165) is 11.4 Å². The number of urea groups is 1. The lowest BCUT2D eigenvalue weighted by Gasteiger charge is -2.32. The number of rotatable bonds is 5. The zero-order valence-corrected chi connectivity index (χ0v) is 29.8. The smallest absolute Gasteiger partial charge is 0.426 e. The maximum atomic E-state index is 14.4. The van der Waals surface area contributed by atoms with E-state index in [-0.39, 0.29) is 39.0 Å². The van der Waals surface area contributed by atoms with Crippen molar-refractivity contribution in [2.24, 2.45) is 5.92 Å². The van der Waals surface area contributed by atoms with Gasteiger partial charge in [-0.25, -0.2) is 37.6 Å². The van der Waals surface area contributed by atoms with Crippen LogP contribution in [0.2, 0.25) is 0 Å². The SMILES string of the molecule is CC(C)(C)OC(=O)NN1CCCCC/C=C\[C@@H]2C[C@]2(C(=O)NS(=O)(=O)C2CC2)NC(=O)[C@@H]2C[C@@H](OC(=O)N3Cc4cccc(F)c4C3)CN2C1=O. The summed E-state index contributed by atoms with van der Waals surface area (Å²) in [7, 11) is -3.93. The van der Waals surface area contributed by atoms with Crippen molar-refractivity contribution >= 4 is 40.1 Å². The molecule has 6 amide bonds. The zero-order chi connectivity index (χ0) is 36.7. The third-order valence-corrected chi connectivity index (χ3v) is 11.5. The highest BCUT2D eigenvalue weighted by Crippen LogP contribution is 2.46. The van der Waals surface area contributed by atoms with Crippen LogP contribution in [0.1, 0.15) is 83.3 Å². The Bertz CT molecular complexity index is 1730. The maximum absolute atomic E-state index is 14.4. The van der Waals surface area contributed by atoms with Gasteiger partial charge in [-0.2, -0.15) is 0 Å². The van der Waals surface area contributed by atoms with Crippen LogP contribution in [0.3, 0.4) is 0 Å². The molecule has 51 heavy (non-hydrogen) atoms. The summed E-state index contributed by atoms with van der Waals surface area (Å²) in [5.74, 6) is -2.53. The van der Waals surface area contributed by atoms with E-state index in [4.69, 9.17) is 9.47 Å². The number of hydrogen-bond donors (Lipinski definition) is 3. The van der Waals surface area contributed by atoms with Gasteiger partial charge in [0.1, 0.15) is 29.1 Å². The molecule has 2 saturated carbocycles. The number of carbonyl (C=O) groups is 5. The lowest BCUT2D eigenvalue weighted by atomic mass is 10.1. The Balaban J connectivity index is 1.25. The van der Waals surface area contributed by atoms with E-state index in [2.05, 4.69) is 15.5 Å². The van der Waals surface area contributed by atoms with E-state index in [1.807, 2.05) is 6.08 Å². The number of amides is 6. The van der Waals surface area contributed by atoms with Gasteiger partial charge in [0.25, 0.3) is 5.91 Å². The van der Waals surface area contributed by atoms with E-state index in [1.165, 1.54) is 15.9 Å². The van der Waals surface area contributed by atoms with E-state index >= 15 is 0 Å². The Morgan fingerprint density at radius 3 is 2.55 bits per heavy atom. The van der Waals surface area contributed by atoms with Gasteiger partial charge in [-0.15, -0.1) is 0 Å². The van der Waals surface area contributed by atoms with Gasteiger partial charge in [0.15, 0.2) is 0 Å². The van der Waals surface area contributed by atoms with Gasteiger partial charge < -0.3 is 19.7 Å². The summed E-state index contributed by atoms with van der Waals surface area (Å²) in [6.45, 7) is 4.99. The number of nitrogens with one attached hydrogen (secondary N) is 3. The first-order chi connectivity index (χ1) is 24.1. The van der Waals surface area contributed by atoms with Gasteiger partial charge in [-0.05, 0) is 70.9 Å². The first-order valence-electron chi connectivity index (χ1n) is 17.4. The van der Waals surface area contributed by atoms with Crippen LogP contribution in [0.5, 0.6) is 0 Å². The average Bonchev–Trinajstić information content (AvgIpc) is 3.93. The van der Waals surface area contributed by atoms with E-state index in [9.17, 15) is 36.8 Å². The van der Waals surface area contributed by atoms with Crippen molar-refractivity contribution in [3.05, 3.63) is 47.3 Å². The number of hydrazine groups is 1. The van der Waals surface area contributed by atoms with E-state index in [0.29, 0.717) is 43.2 Å². The summed E-state index contributed by atoms with van der Waals surface area (Å²) in [4.78, 5) is 70.5. The van der Waals surface area contributed by atoms with Crippen molar-refractivity contribution in [2.45, 2.75) is 114 Å². The topological polar surface area (TPSA) is 184 Å². The van der Waals surface area contributed by atoms with E-state index in [1.54, 1.807) is 39.0 Å². The number of benzene rings is 1. The summed E-state index contributed by atoms with van der Waals surface area (Å²) in [5, 5.41) is 3.17. The molecule has 15 nitrogen and oxygen atoms in total. The van der Waals surface area contributed by atoms with Crippen LogP contribution in [-0.4, -0.2) is 94.9 Å². The fourth-order valence-electron chi connectivity index (χ4n) is 6.77. The van der Waals surface area contributed by atoms with Crippen molar-refractivity contribution in [1.29, 1.82) is 0 Å². The van der Waals surface area contributed by atoms with Gasteiger partial charge in [-0.1, -0.05) is 30.7 Å². The molecule has 17 heteroatoms. The summed E-state index contributed by atoms with van der Waals surface area (Å²) < 4.78 is 53.2. The highest BCUT2D eigenvalue weighted by atomic mass is 32.2. The molecule has 3 fully saturated rings. The minimum Gasteiger partial charge on any atom is -0.444 e. The van der Waals surface area contributed by atoms with Gasteiger partial charge in [0.05, 0.1) is 18.3 Å². The molecule has 3 aliphatic heterocycles. The third kappa shape index (κ3) is 8.23. The fraction of sp³-hybridized carbons (Fsp3) is 0.618. The van der Waals surface area contributed by atoms with Gasteiger partial charge in [-0.3, -0.25) is 19.2 Å². The number of sulfonamides is 1. The first kappa shape index (κ1) is 36.4. The molecule has 1 saturated heterocycles. The predicted molar refractivity (Wildman–Crippen MR) is 179 cm³/mol. The number of halogens is 1. The molecule has 0 bridgehead atoms. The Labute approximate surface area is 296 Å². The van der Waals surface area contributed by atoms with Crippen molar-refractivity contribution < 1.29 is 46.3 Å². The number of fused-ring (bicyclic) bond motifs is 3. The van der Waals surface area contributed by atoms with Crippen molar-refractivity contribution in [1.82, 2.24) is 30.3 Å². The number of allylic oxidation sites excluding steroid dienone is 1. The fourth-order valence-corrected chi connectivity index (χ4v) is 8.14. The quantitative estimate of drug-likeness (QED) is 0.383. The van der Waals surface area contributed by atoms with Gasteiger partial charge in [0, 0.05) is 31.0 Å². The molecule has 0 spiro atoms. The van der Waals surface area contributed by atoms with Crippen LogP contribution in [0.25, 0.3) is 0 Å². The molecule has 3 heterocycles. The van der Waals surface area contributed by atoms with Crippen LogP contribution in [-0.2, 0) is 42.2 Å². The number of hydrogen-bond acceptors (Lipinski definition) is 9. The predicted octanol–water partition coefficient (Wildman–Crippen LogP) is 3.20. The second kappa shape index (κ2) is 14.0. The standard InChI is InChI=1S/C34H45FN6O9S/c1-33(2,3)50-30(44)37-41-15-8-6-4-5-7-11-22-17-34(22,29(43)38-51(47,48)24-13-14-24)36-28(42)27-16-23(19-40(27)31(41)45)49-32(46)39-18-21-10-9-12-26(35)25(21)20-39/h7,9-12,22-24,27H,4-6,8,13-20H2,1-3H3,(H,36,42)(H,37,44)(H,38,43)/b11-7-/t22-,23-,27+,34+/m1/s1. The molecule has 3 N–H and O–H groups in total. The highest BCUT2D eigenvalue weighted by Gasteiger charge is 2.62. The number of nitrogens with zero attached hydrogens (tertiary/aromatic N) is 3. The van der Waals surface area contributed by atoms with Crippen LogP contribution in [0, 0.1) is 11.7 Å². The lowest BCUT2D eigenvalue weighted by molar-refractivity contribution is -0.131. The molecule has 4 atom stereocenters. The first-order valence-corrected chi connectivity index (χ1v) is 19.0. The molecule has 278 valence electrons. The van der Waals surface area contributed by atoms with Crippen LogP contribution >= 0.6 is 0 Å². The summed E-state index contributed by atoms with van der Waals surface area (Å²) in [5.41, 5.74) is 1.09. The molecule has 0 aromatic heterocycles. The molecular weight excluding hydrogens is 687 g/mol. The van der Waals surface area contributed by atoms with Crippen molar-refractivity contribution in [3.63, 3.8) is 0 Å². The minimum atomic E-state index is -3.93. The Morgan fingerprint density at radius 2 is 1.84 bits per heavy atom. The number of carbonyl (C=O) groups excluding carboxylic acids is 5. The summed E-state index contributed by atoms with van der Waals surface area (Å²) >= 11 is 0. The number of ether oxygens (including phenoxy) is 2. The molecule has 0 unspecified atom stereocenters. The van der Waals surface area contributed by atoms with E-state index < -0.39 is 80.3 Å². The monoisotopic (exact) mass is 732 g/mol. The highest BCUT2D eigenvalue weighted by molar-refractivity contribution is 7.91. The van der Waals surface area contributed by atoms with Crippen molar-refractivity contribution in [3.8, 4) is 0 Å². The summed E-state index contributed by atoms with van der Waals surface area (Å²) in [6, 6.07) is 2.56. The van der Waals surface area contributed by atoms with Crippen molar-refractivity contribution in [2.75, 3.05) is 13.1 Å². The molecule has 6 rings (SSSR count). The van der Waals surface area contributed by atoms with Crippen LogP contribution in [0.4, 0.5) is 18.8 Å². The molecule has 5 aliphatic rings. The Morgan fingerprint density at radius 1 is 1.08 bits per heavy atom. The van der Waals surface area contributed by atoms with Gasteiger partial charge in [0.2, 0.25) is 15.9 Å². The molecule has 2 aliphatic carbocycles. The van der Waals surface area contributed by atoms with Crippen LogP contribution in [0.15, 0.2) is 30.4 Å². The molecule has 1 aromatic rings. The maximum Gasteiger partial charge on any atom is 0.426 e. The lowest BCUT2D eigenvalue weighted by Crippen LogP contribution is -2.59. The second-order valence-corrected chi connectivity index (χ2v) is 16.9. The minimum absolute atomic E-state index is 0.00991. The Kier molecular flexibility index (Phi) is 9.96. The molecule has 0 radical (unpaired) electrons. The second-order valence-electron chi connectivity index (χ2n) is 14.9. The normalized spacial score (nSPS) is 27.5. The largest absolute Gasteiger partial charge is 0.444 e. The van der Waals surface area contributed by atoms with Gasteiger partial charge >= 0.3 is 18.2 Å². The third-order valence-electron chi connectivity index (χ3n) is 9.70. The molecule has 1 aromatic carbocycles. The van der Waals surface area contributed by atoms with Crippen LogP contribution < -0.4 is 15.5 Å². The molecular formula is C34H45FN6O9S.